The van der Waals surface area contributed by atoms with Crippen molar-refractivity contribution in [2.45, 2.75) is 12.5 Å². The zero-order valence-corrected chi connectivity index (χ0v) is 21.6. The van der Waals surface area contributed by atoms with Gasteiger partial charge in [-0.3, -0.25) is 14.6 Å². The van der Waals surface area contributed by atoms with E-state index in [2.05, 4.69) is 27.2 Å². The Morgan fingerprint density at radius 2 is 2.26 bits per heavy atom. The molecule has 1 aromatic carbocycles. The van der Waals surface area contributed by atoms with E-state index in [-0.39, 0.29) is 24.5 Å². The lowest BCUT2D eigenvalue weighted by molar-refractivity contribution is -0.135. The SMILES string of the molecule is C=CC(=O)N1CCOC[C@@H]1COc1cnccc1-c1[nH]c2c(c1Nc1cccc(Cl)c1OC)C(=O)NCC2. The van der Waals surface area contributed by atoms with Gasteiger partial charge in [0.2, 0.25) is 5.91 Å². The number of ether oxygens (including phenoxy) is 3. The number of halogens is 1. The van der Waals surface area contributed by atoms with Gasteiger partial charge in [-0.2, -0.15) is 0 Å². The number of aromatic amines is 1. The lowest BCUT2D eigenvalue weighted by Crippen LogP contribution is -2.50. The predicted molar refractivity (Wildman–Crippen MR) is 143 cm³/mol. The number of methoxy groups -OCH3 is 1. The number of morpholine rings is 1. The highest BCUT2D eigenvalue weighted by molar-refractivity contribution is 6.32. The van der Waals surface area contributed by atoms with Gasteiger partial charge in [0.25, 0.3) is 5.91 Å². The van der Waals surface area contributed by atoms with Crippen molar-refractivity contribution in [3.63, 3.8) is 0 Å². The summed E-state index contributed by atoms with van der Waals surface area (Å²) in [5, 5.41) is 6.72. The molecule has 0 aliphatic carbocycles. The van der Waals surface area contributed by atoms with Crippen LogP contribution < -0.4 is 20.1 Å². The number of carbonyl (C=O) groups is 2. The van der Waals surface area contributed by atoms with Gasteiger partial charge in [-0.05, 0) is 24.3 Å². The molecule has 0 spiro atoms. The molecule has 10 nitrogen and oxygen atoms in total. The zero-order valence-electron chi connectivity index (χ0n) is 20.9. The molecule has 2 amide bonds. The van der Waals surface area contributed by atoms with Crippen LogP contribution in [0, 0.1) is 0 Å². The lowest BCUT2D eigenvalue weighted by Gasteiger charge is -2.34. The van der Waals surface area contributed by atoms with E-state index in [0.29, 0.717) is 77.4 Å². The van der Waals surface area contributed by atoms with Crippen LogP contribution in [0.5, 0.6) is 11.5 Å². The number of nitrogens with one attached hydrogen (secondary N) is 3. The summed E-state index contributed by atoms with van der Waals surface area (Å²) in [4.78, 5) is 34.7. The standard InChI is InChI=1S/C27H28ClN5O5/c1-3-22(34)33-11-12-37-14-16(33)15-38-21-13-29-9-7-17(21)24-25(23-19(31-24)8-10-30-27(23)35)32-20-6-4-5-18(28)26(20)36-2/h3-7,9,13,16,31-32H,1,8,10-12,14-15H2,2H3,(H,30,35)/t16-/m1/s1. The summed E-state index contributed by atoms with van der Waals surface area (Å²) >= 11 is 6.36. The van der Waals surface area contributed by atoms with E-state index in [4.69, 9.17) is 25.8 Å². The normalized spacial score (nSPS) is 16.8. The first-order chi connectivity index (χ1) is 18.5. The average molecular weight is 538 g/mol. The highest BCUT2D eigenvalue weighted by Gasteiger charge is 2.30. The number of benzene rings is 1. The van der Waals surface area contributed by atoms with Crippen molar-refractivity contribution in [2.75, 3.05) is 45.3 Å². The van der Waals surface area contributed by atoms with E-state index in [1.807, 2.05) is 12.1 Å². The van der Waals surface area contributed by atoms with Crippen LogP contribution in [0.3, 0.4) is 0 Å². The topological polar surface area (TPSA) is 118 Å². The van der Waals surface area contributed by atoms with Gasteiger partial charge in [0.15, 0.2) is 5.75 Å². The van der Waals surface area contributed by atoms with Crippen LogP contribution >= 0.6 is 11.6 Å². The van der Waals surface area contributed by atoms with E-state index in [1.54, 1.807) is 29.4 Å². The first-order valence-electron chi connectivity index (χ1n) is 12.2. The van der Waals surface area contributed by atoms with Gasteiger partial charge < -0.3 is 34.7 Å². The third kappa shape index (κ3) is 4.92. The van der Waals surface area contributed by atoms with E-state index in [1.165, 1.54) is 13.2 Å². The molecule has 1 saturated heterocycles. The Morgan fingerprint density at radius 1 is 1.39 bits per heavy atom. The third-order valence-corrected chi connectivity index (χ3v) is 6.86. The summed E-state index contributed by atoms with van der Waals surface area (Å²) < 4.78 is 17.3. The highest BCUT2D eigenvalue weighted by Crippen LogP contribution is 2.42. The number of rotatable bonds is 8. The molecule has 0 bridgehead atoms. The summed E-state index contributed by atoms with van der Waals surface area (Å²) in [5.74, 6) is 0.593. The van der Waals surface area contributed by atoms with Crippen molar-refractivity contribution in [1.82, 2.24) is 20.2 Å². The largest absolute Gasteiger partial charge is 0.493 e. The number of hydrogen-bond donors (Lipinski definition) is 3. The Bertz CT molecular complexity index is 1370. The summed E-state index contributed by atoms with van der Waals surface area (Å²) in [6, 6.07) is 6.89. The number of carbonyl (C=O) groups excluding carboxylic acids is 2. The van der Waals surface area contributed by atoms with Crippen molar-refractivity contribution < 1.29 is 23.8 Å². The fourth-order valence-electron chi connectivity index (χ4n) is 4.74. The van der Waals surface area contributed by atoms with E-state index in [9.17, 15) is 9.59 Å². The number of fused-ring (bicyclic) bond motifs is 1. The molecule has 2 aromatic heterocycles. The minimum absolute atomic E-state index is 0.168. The fourth-order valence-corrected chi connectivity index (χ4v) is 5.00. The molecule has 1 atom stereocenters. The molecule has 11 heteroatoms. The Balaban J connectivity index is 1.52. The molecule has 3 N–H and O–H groups in total. The zero-order chi connectivity index (χ0) is 26.6. The number of pyridine rings is 1. The number of para-hydroxylation sites is 1. The number of H-pyrrole nitrogens is 1. The number of amides is 2. The van der Waals surface area contributed by atoms with Crippen LogP contribution in [0.1, 0.15) is 16.1 Å². The molecule has 0 unspecified atom stereocenters. The molecule has 3 aromatic rings. The maximum atomic E-state index is 13.0. The molecular formula is C27H28ClN5O5. The fraction of sp³-hybridized carbons (Fsp3) is 0.296. The quantitative estimate of drug-likeness (QED) is 0.376. The van der Waals surface area contributed by atoms with Gasteiger partial charge in [-0.1, -0.05) is 24.2 Å². The predicted octanol–water partition coefficient (Wildman–Crippen LogP) is 3.56. The second-order valence-electron chi connectivity index (χ2n) is 8.83. The Kier molecular flexibility index (Phi) is 7.52. The maximum Gasteiger partial charge on any atom is 0.255 e. The molecule has 2 aliphatic heterocycles. The van der Waals surface area contributed by atoms with Gasteiger partial charge in [-0.15, -0.1) is 0 Å². The number of aromatic nitrogens is 2. The van der Waals surface area contributed by atoms with Gasteiger partial charge in [0, 0.05) is 37.0 Å². The van der Waals surface area contributed by atoms with Crippen LogP contribution in [0.25, 0.3) is 11.3 Å². The summed E-state index contributed by atoms with van der Waals surface area (Å²) in [6.07, 6.45) is 5.21. The van der Waals surface area contributed by atoms with E-state index < -0.39 is 0 Å². The molecule has 1 fully saturated rings. The minimum Gasteiger partial charge on any atom is -0.493 e. The van der Waals surface area contributed by atoms with Gasteiger partial charge in [0.05, 0.1) is 60.2 Å². The van der Waals surface area contributed by atoms with Crippen molar-refractivity contribution in [3.05, 3.63) is 65.6 Å². The Hall–Kier alpha value is -4.02. The monoisotopic (exact) mass is 537 g/mol. The molecular weight excluding hydrogens is 510 g/mol. The first kappa shape index (κ1) is 25.6. The van der Waals surface area contributed by atoms with Gasteiger partial charge in [0.1, 0.15) is 12.4 Å². The van der Waals surface area contributed by atoms with Crippen LogP contribution in [0.4, 0.5) is 11.4 Å². The lowest BCUT2D eigenvalue weighted by atomic mass is 10.0. The molecule has 38 heavy (non-hydrogen) atoms. The van der Waals surface area contributed by atoms with E-state index >= 15 is 0 Å². The molecule has 0 radical (unpaired) electrons. The second kappa shape index (κ2) is 11.2. The number of anilines is 2. The summed E-state index contributed by atoms with van der Waals surface area (Å²) in [5.41, 5.74) is 3.85. The molecule has 4 heterocycles. The molecule has 2 aliphatic rings. The summed E-state index contributed by atoms with van der Waals surface area (Å²) in [6.45, 7) is 5.61. The molecule has 0 saturated carbocycles. The third-order valence-electron chi connectivity index (χ3n) is 6.57. The molecule has 198 valence electrons. The van der Waals surface area contributed by atoms with Crippen molar-refractivity contribution >= 4 is 34.8 Å². The number of hydrogen-bond acceptors (Lipinski definition) is 7. The first-order valence-corrected chi connectivity index (χ1v) is 12.6. The Morgan fingerprint density at radius 3 is 3.08 bits per heavy atom. The van der Waals surface area contributed by atoms with E-state index in [0.717, 1.165) is 5.69 Å². The number of nitrogens with zero attached hydrogens (tertiary/aromatic N) is 2. The molecule has 5 rings (SSSR count). The Labute approximate surface area is 224 Å². The van der Waals surface area contributed by atoms with Crippen molar-refractivity contribution in [2.24, 2.45) is 0 Å². The highest BCUT2D eigenvalue weighted by atomic mass is 35.5. The van der Waals surface area contributed by atoms with Crippen molar-refractivity contribution in [3.8, 4) is 22.8 Å². The van der Waals surface area contributed by atoms with Crippen LogP contribution in [0.2, 0.25) is 5.02 Å². The minimum atomic E-state index is -0.279. The summed E-state index contributed by atoms with van der Waals surface area (Å²) in [7, 11) is 1.54. The van der Waals surface area contributed by atoms with Gasteiger partial charge in [-0.25, -0.2) is 0 Å². The van der Waals surface area contributed by atoms with Crippen LogP contribution in [-0.4, -0.2) is 72.7 Å². The second-order valence-corrected chi connectivity index (χ2v) is 9.23. The smallest absolute Gasteiger partial charge is 0.255 e. The average Bonchev–Trinajstić information content (AvgIpc) is 3.31. The van der Waals surface area contributed by atoms with Gasteiger partial charge >= 0.3 is 0 Å². The van der Waals surface area contributed by atoms with Crippen molar-refractivity contribution in [1.29, 1.82) is 0 Å². The van der Waals surface area contributed by atoms with Crippen LogP contribution in [-0.2, 0) is 16.0 Å². The maximum absolute atomic E-state index is 13.0. The van der Waals surface area contributed by atoms with Crippen LogP contribution in [0.15, 0.2) is 49.3 Å².